The van der Waals surface area contributed by atoms with Crippen molar-refractivity contribution in [2.75, 3.05) is 56.0 Å². The Bertz CT molecular complexity index is 688. The lowest BCUT2D eigenvalue weighted by Gasteiger charge is -2.31. The van der Waals surface area contributed by atoms with Crippen molar-refractivity contribution in [2.45, 2.75) is 5.60 Å². The zero-order chi connectivity index (χ0) is 19.2. The van der Waals surface area contributed by atoms with Crippen LogP contribution in [-0.4, -0.2) is 43.2 Å². The fraction of sp³-hybridized carbons (Fsp3) is 0.333. The summed E-state index contributed by atoms with van der Waals surface area (Å²) in [6.07, 6.45) is 0. The maximum Gasteiger partial charge on any atom is 0.142 e. The van der Waals surface area contributed by atoms with Gasteiger partial charge in [0, 0.05) is 33.9 Å². The molecule has 26 heavy (non-hydrogen) atoms. The molecule has 10 N–H and O–H groups in total. The highest BCUT2D eigenvalue weighted by Gasteiger charge is 2.36. The molecule has 2 aromatic carbocycles. The van der Waals surface area contributed by atoms with Gasteiger partial charge >= 0.3 is 0 Å². The average Bonchev–Trinajstić information content (AvgIpc) is 2.62. The van der Waals surface area contributed by atoms with Crippen molar-refractivity contribution in [3.05, 3.63) is 47.5 Å². The van der Waals surface area contributed by atoms with Gasteiger partial charge in [-0.15, -0.1) is 0 Å². The topological polar surface area (TPSA) is 163 Å². The molecule has 0 aliphatic carbocycles. The Morgan fingerprint density at radius 2 is 1.27 bits per heavy atom. The SMILES string of the molecule is Nc1ccc(N)c(C(O)(COCCOCCO)c2cc(N)ccc2N)c1. The smallest absolute Gasteiger partial charge is 0.142 e. The Kier molecular flexibility index (Phi) is 6.64. The van der Waals surface area contributed by atoms with Crippen LogP contribution in [0.25, 0.3) is 0 Å². The number of nitrogen functional groups attached to an aromatic ring is 4. The van der Waals surface area contributed by atoms with E-state index in [-0.39, 0.29) is 33.0 Å². The number of aliphatic hydroxyl groups is 2. The molecule has 0 saturated carbocycles. The third kappa shape index (κ3) is 4.55. The van der Waals surface area contributed by atoms with Gasteiger partial charge in [0.05, 0.1) is 33.0 Å². The molecule has 8 nitrogen and oxygen atoms in total. The van der Waals surface area contributed by atoms with Gasteiger partial charge in [-0.1, -0.05) is 0 Å². The summed E-state index contributed by atoms with van der Waals surface area (Å²) in [4.78, 5) is 0. The molecule has 2 rings (SSSR count). The van der Waals surface area contributed by atoms with E-state index in [4.69, 9.17) is 37.5 Å². The van der Waals surface area contributed by atoms with Gasteiger partial charge in [-0.3, -0.25) is 0 Å². The van der Waals surface area contributed by atoms with Crippen molar-refractivity contribution in [1.82, 2.24) is 0 Å². The van der Waals surface area contributed by atoms with E-state index in [9.17, 15) is 5.11 Å². The van der Waals surface area contributed by atoms with Crippen LogP contribution in [0.2, 0.25) is 0 Å². The summed E-state index contributed by atoms with van der Waals surface area (Å²) in [6.45, 7) is 0.514. The Balaban J connectivity index is 2.35. The van der Waals surface area contributed by atoms with Gasteiger partial charge in [-0.25, -0.2) is 0 Å². The summed E-state index contributed by atoms with van der Waals surface area (Å²) in [7, 11) is 0. The van der Waals surface area contributed by atoms with Gasteiger partial charge < -0.3 is 42.6 Å². The Morgan fingerprint density at radius 3 is 1.77 bits per heavy atom. The predicted octanol–water partition coefficient (Wildman–Crippen LogP) is 0.277. The zero-order valence-electron chi connectivity index (χ0n) is 14.5. The first-order valence-electron chi connectivity index (χ1n) is 8.18. The molecule has 0 fully saturated rings. The highest BCUT2D eigenvalue weighted by molar-refractivity contribution is 5.65. The van der Waals surface area contributed by atoms with Crippen molar-refractivity contribution < 1.29 is 19.7 Å². The zero-order valence-corrected chi connectivity index (χ0v) is 14.5. The number of benzene rings is 2. The van der Waals surface area contributed by atoms with E-state index >= 15 is 0 Å². The van der Waals surface area contributed by atoms with Gasteiger partial charge in [0.1, 0.15) is 5.60 Å². The molecule has 142 valence electrons. The second kappa shape index (κ2) is 8.72. The number of hydrogen-bond acceptors (Lipinski definition) is 8. The fourth-order valence-electron chi connectivity index (χ4n) is 2.67. The maximum absolute atomic E-state index is 11.5. The first-order valence-corrected chi connectivity index (χ1v) is 8.18. The molecule has 0 radical (unpaired) electrons. The number of nitrogens with two attached hydrogens (primary N) is 4. The van der Waals surface area contributed by atoms with Gasteiger partial charge in [0.15, 0.2) is 0 Å². The van der Waals surface area contributed by atoms with Crippen LogP contribution in [0.1, 0.15) is 11.1 Å². The molecular weight excluding hydrogens is 336 g/mol. The molecule has 0 saturated heterocycles. The molecule has 0 amide bonds. The minimum Gasteiger partial charge on any atom is -0.399 e. The monoisotopic (exact) mass is 362 g/mol. The van der Waals surface area contributed by atoms with E-state index in [0.29, 0.717) is 33.9 Å². The molecule has 2 aromatic rings. The summed E-state index contributed by atoms with van der Waals surface area (Å²) in [5.74, 6) is 0. The van der Waals surface area contributed by atoms with E-state index in [2.05, 4.69) is 0 Å². The van der Waals surface area contributed by atoms with Crippen LogP contribution in [0.5, 0.6) is 0 Å². The lowest BCUT2D eigenvalue weighted by atomic mass is 9.84. The minimum atomic E-state index is -1.64. The highest BCUT2D eigenvalue weighted by atomic mass is 16.5. The number of ether oxygens (including phenoxy) is 2. The van der Waals surface area contributed by atoms with Crippen LogP contribution >= 0.6 is 0 Å². The Morgan fingerprint density at radius 1 is 0.769 bits per heavy atom. The van der Waals surface area contributed by atoms with E-state index in [1.807, 2.05) is 0 Å². The van der Waals surface area contributed by atoms with E-state index in [0.717, 1.165) is 0 Å². The third-order valence-electron chi connectivity index (χ3n) is 3.96. The molecule has 0 aliphatic heterocycles. The predicted molar refractivity (Wildman–Crippen MR) is 102 cm³/mol. The largest absolute Gasteiger partial charge is 0.399 e. The fourth-order valence-corrected chi connectivity index (χ4v) is 2.67. The summed E-state index contributed by atoms with van der Waals surface area (Å²) in [6, 6.07) is 9.69. The van der Waals surface area contributed by atoms with E-state index in [1.54, 1.807) is 36.4 Å². The molecule has 0 atom stereocenters. The summed E-state index contributed by atoms with van der Waals surface area (Å²) < 4.78 is 10.7. The Hall–Kier alpha value is -2.52. The molecule has 0 spiro atoms. The standard InChI is InChI=1S/C18H26N4O4/c19-12-1-3-16(21)14(9-12)18(24,11-26-8-7-25-6-5-23)15-10-13(20)2-4-17(15)22/h1-4,9-10,23-24H,5-8,11,19-22H2. The van der Waals surface area contributed by atoms with Crippen LogP contribution in [0.3, 0.4) is 0 Å². The van der Waals surface area contributed by atoms with Gasteiger partial charge in [0.2, 0.25) is 0 Å². The van der Waals surface area contributed by atoms with Crippen LogP contribution in [-0.2, 0) is 15.1 Å². The molecule has 0 aromatic heterocycles. The van der Waals surface area contributed by atoms with Gasteiger partial charge in [-0.05, 0) is 36.4 Å². The second-order valence-electron chi connectivity index (χ2n) is 5.94. The number of rotatable bonds is 9. The number of anilines is 4. The summed E-state index contributed by atoms with van der Waals surface area (Å²) in [5.41, 5.74) is 24.6. The normalized spacial score (nSPS) is 11.6. The van der Waals surface area contributed by atoms with Crippen LogP contribution in [0, 0.1) is 0 Å². The highest BCUT2D eigenvalue weighted by Crippen LogP contribution is 2.38. The second-order valence-corrected chi connectivity index (χ2v) is 5.94. The van der Waals surface area contributed by atoms with Crippen molar-refractivity contribution in [3.8, 4) is 0 Å². The molecule has 0 aliphatic rings. The first-order chi connectivity index (χ1) is 12.4. The van der Waals surface area contributed by atoms with Crippen molar-refractivity contribution in [2.24, 2.45) is 0 Å². The van der Waals surface area contributed by atoms with Crippen molar-refractivity contribution in [3.63, 3.8) is 0 Å². The summed E-state index contributed by atoms with van der Waals surface area (Å²) >= 11 is 0. The van der Waals surface area contributed by atoms with Gasteiger partial charge in [-0.2, -0.15) is 0 Å². The molecule has 0 unspecified atom stereocenters. The molecule has 8 heteroatoms. The molecule has 0 heterocycles. The number of hydrogen-bond donors (Lipinski definition) is 6. The van der Waals surface area contributed by atoms with Crippen LogP contribution in [0.15, 0.2) is 36.4 Å². The quantitative estimate of drug-likeness (QED) is 0.273. The molecule has 0 bridgehead atoms. The lowest BCUT2D eigenvalue weighted by molar-refractivity contribution is -0.0401. The van der Waals surface area contributed by atoms with Crippen molar-refractivity contribution >= 4 is 22.7 Å². The summed E-state index contributed by atoms with van der Waals surface area (Å²) in [5, 5.41) is 20.2. The first kappa shape index (κ1) is 19.8. The number of aliphatic hydroxyl groups excluding tert-OH is 1. The maximum atomic E-state index is 11.5. The van der Waals surface area contributed by atoms with Crippen LogP contribution < -0.4 is 22.9 Å². The van der Waals surface area contributed by atoms with Crippen LogP contribution in [0.4, 0.5) is 22.7 Å². The van der Waals surface area contributed by atoms with Gasteiger partial charge in [0.25, 0.3) is 0 Å². The lowest BCUT2D eigenvalue weighted by Crippen LogP contribution is -2.35. The van der Waals surface area contributed by atoms with Crippen molar-refractivity contribution in [1.29, 1.82) is 0 Å². The average molecular weight is 362 g/mol. The Labute approximate surface area is 152 Å². The minimum absolute atomic E-state index is 0.0659. The van der Waals surface area contributed by atoms with E-state index < -0.39 is 5.60 Å². The molecular formula is C18H26N4O4. The third-order valence-corrected chi connectivity index (χ3v) is 3.96. The van der Waals surface area contributed by atoms with E-state index in [1.165, 1.54) is 0 Å².